The van der Waals surface area contributed by atoms with Gasteiger partial charge in [0.2, 0.25) is 0 Å². The Hall–Kier alpha value is -1.61. The molecule has 0 spiro atoms. The number of hydrogen-bond donors (Lipinski definition) is 1. The number of rotatable bonds is 2. The number of nitrogens with one attached hydrogen (secondary N) is 1. The lowest BCUT2D eigenvalue weighted by molar-refractivity contribution is 0.0942. The van der Waals surface area contributed by atoms with E-state index in [2.05, 4.69) is 10.3 Å². The van der Waals surface area contributed by atoms with Crippen LogP contribution in [-0.4, -0.2) is 16.9 Å². The Labute approximate surface area is 111 Å². The summed E-state index contributed by atoms with van der Waals surface area (Å²) in [7, 11) is 0. The number of nitrogens with zero attached hydrogens (tertiary/aromatic N) is 1. The molecule has 1 amide bonds. The maximum Gasteiger partial charge on any atom is 0.253 e. The molecule has 0 unspecified atom stereocenters. The second kappa shape index (κ2) is 4.94. The number of carbonyl (C=O) groups excluding carboxylic acids is 1. The molecule has 1 aromatic heterocycles. The third kappa shape index (κ3) is 2.62. The van der Waals surface area contributed by atoms with E-state index in [-0.39, 0.29) is 11.9 Å². The Morgan fingerprint density at radius 2 is 2.06 bits per heavy atom. The van der Waals surface area contributed by atoms with Crippen molar-refractivity contribution >= 4 is 28.4 Å². The average Bonchev–Trinajstić information content (AvgIpc) is 2.26. The lowest BCUT2D eigenvalue weighted by atomic mass is 10.1. The molecule has 0 saturated carbocycles. The van der Waals surface area contributed by atoms with Gasteiger partial charge in [-0.05, 0) is 39.0 Å². The van der Waals surface area contributed by atoms with Gasteiger partial charge in [-0.3, -0.25) is 9.78 Å². The normalized spacial score (nSPS) is 10.9. The van der Waals surface area contributed by atoms with Crippen LogP contribution in [0.15, 0.2) is 24.3 Å². The van der Waals surface area contributed by atoms with Gasteiger partial charge in [0.05, 0.1) is 16.8 Å². The Bertz CT molecular complexity index is 608. The molecule has 94 valence electrons. The van der Waals surface area contributed by atoms with E-state index in [1.165, 1.54) is 0 Å². The van der Waals surface area contributed by atoms with E-state index < -0.39 is 0 Å². The van der Waals surface area contributed by atoms with Crippen LogP contribution in [0.25, 0.3) is 10.9 Å². The molecule has 0 aliphatic heterocycles. The van der Waals surface area contributed by atoms with Gasteiger partial charge in [0, 0.05) is 16.5 Å². The molecule has 1 N–H and O–H groups in total. The van der Waals surface area contributed by atoms with Crippen LogP contribution in [0.3, 0.4) is 0 Å². The Balaban J connectivity index is 2.49. The van der Waals surface area contributed by atoms with Crippen molar-refractivity contribution < 1.29 is 4.79 Å². The number of amides is 1. The molecular weight excluding hydrogens is 248 g/mol. The number of benzene rings is 1. The van der Waals surface area contributed by atoms with Crippen LogP contribution in [0.5, 0.6) is 0 Å². The van der Waals surface area contributed by atoms with E-state index in [1.807, 2.05) is 32.9 Å². The van der Waals surface area contributed by atoms with Crippen LogP contribution >= 0.6 is 11.6 Å². The first-order chi connectivity index (χ1) is 8.47. The number of pyridine rings is 1. The molecule has 0 radical (unpaired) electrons. The zero-order chi connectivity index (χ0) is 13.3. The first-order valence-corrected chi connectivity index (χ1v) is 6.23. The average molecular weight is 263 g/mol. The minimum Gasteiger partial charge on any atom is -0.350 e. The molecule has 0 saturated heterocycles. The predicted octanol–water partition coefficient (Wildman–Crippen LogP) is 3.33. The number of aryl methyl sites for hydroxylation is 1. The Morgan fingerprint density at radius 3 is 2.72 bits per heavy atom. The first-order valence-electron chi connectivity index (χ1n) is 5.85. The second-order valence-corrected chi connectivity index (χ2v) is 5.02. The highest BCUT2D eigenvalue weighted by atomic mass is 35.5. The maximum atomic E-state index is 12.0. The lowest BCUT2D eigenvalue weighted by Crippen LogP contribution is -2.30. The standard InChI is InChI=1S/C14H15ClN2O/c1-8(2)16-14(18)12-6-10-4-5-11(15)7-13(10)17-9(12)3/h4-8H,1-3H3,(H,16,18). The highest BCUT2D eigenvalue weighted by molar-refractivity contribution is 6.31. The molecule has 0 aliphatic carbocycles. The fourth-order valence-electron chi connectivity index (χ4n) is 1.81. The summed E-state index contributed by atoms with van der Waals surface area (Å²) in [6, 6.07) is 7.43. The number of fused-ring (bicyclic) bond motifs is 1. The van der Waals surface area contributed by atoms with E-state index in [1.54, 1.807) is 12.1 Å². The van der Waals surface area contributed by atoms with Crippen LogP contribution in [0.1, 0.15) is 29.9 Å². The van der Waals surface area contributed by atoms with Crippen molar-refractivity contribution in [2.24, 2.45) is 0 Å². The molecule has 1 heterocycles. The van der Waals surface area contributed by atoms with Gasteiger partial charge in [-0.15, -0.1) is 0 Å². The Morgan fingerprint density at radius 1 is 1.33 bits per heavy atom. The van der Waals surface area contributed by atoms with Gasteiger partial charge in [0.25, 0.3) is 5.91 Å². The first kappa shape index (κ1) is 12.8. The summed E-state index contributed by atoms with van der Waals surface area (Å²) in [4.78, 5) is 16.4. The quantitative estimate of drug-likeness (QED) is 0.902. The molecule has 0 bridgehead atoms. The van der Waals surface area contributed by atoms with Gasteiger partial charge in [0.15, 0.2) is 0 Å². The highest BCUT2D eigenvalue weighted by Gasteiger charge is 2.12. The van der Waals surface area contributed by atoms with Gasteiger partial charge < -0.3 is 5.32 Å². The molecule has 18 heavy (non-hydrogen) atoms. The molecule has 2 aromatic rings. The third-order valence-corrected chi connectivity index (χ3v) is 2.87. The SMILES string of the molecule is Cc1nc2cc(Cl)ccc2cc1C(=O)NC(C)C. The molecule has 0 fully saturated rings. The minimum absolute atomic E-state index is 0.0909. The second-order valence-electron chi connectivity index (χ2n) is 4.59. The molecule has 2 rings (SSSR count). The van der Waals surface area contributed by atoms with E-state index in [0.717, 1.165) is 10.9 Å². The smallest absolute Gasteiger partial charge is 0.253 e. The predicted molar refractivity (Wildman–Crippen MR) is 74.1 cm³/mol. The van der Waals surface area contributed by atoms with E-state index in [9.17, 15) is 4.79 Å². The van der Waals surface area contributed by atoms with Crippen LogP contribution < -0.4 is 5.32 Å². The van der Waals surface area contributed by atoms with Gasteiger partial charge in [-0.25, -0.2) is 0 Å². The van der Waals surface area contributed by atoms with Gasteiger partial charge >= 0.3 is 0 Å². The Kier molecular flexibility index (Phi) is 3.53. The van der Waals surface area contributed by atoms with Crippen molar-refractivity contribution in [3.05, 3.63) is 40.5 Å². The fourth-order valence-corrected chi connectivity index (χ4v) is 1.97. The van der Waals surface area contributed by atoms with Crippen molar-refractivity contribution in [1.82, 2.24) is 10.3 Å². The van der Waals surface area contributed by atoms with E-state index in [4.69, 9.17) is 11.6 Å². The third-order valence-electron chi connectivity index (χ3n) is 2.63. The fraction of sp³-hybridized carbons (Fsp3) is 0.286. The van der Waals surface area contributed by atoms with Crippen LogP contribution in [0, 0.1) is 6.92 Å². The molecule has 3 nitrogen and oxygen atoms in total. The maximum absolute atomic E-state index is 12.0. The summed E-state index contributed by atoms with van der Waals surface area (Å²) in [5.41, 5.74) is 2.13. The zero-order valence-corrected chi connectivity index (χ0v) is 11.4. The summed E-state index contributed by atoms with van der Waals surface area (Å²) in [5.74, 6) is -0.0909. The highest BCUT2D eigenvalue weighted by Crippen LogP contribution is 2.20. The number of aromatic nitrogens is 1. The minimum atomic E-state index is -0.0909. The van der Waals surface area contributed by atoms with Crippen molar-refractivity contribution in [2.45, 2.75) is 26.8 Å². The van der Waals surface area contributed by atoms with Crippen LogP contribution in [0.2, 0.25) is 5.02 Å². The van der Waals surface area contributed by atoms with E-state index >= 15 is 0 Å². The summed E-state index contributed by atoms with van der Waals surface area (Å²) < 4.78 is 0. The largest absolute Gasteiger partial charge is 0.350 e. The molecule has 1 aromatic carbocycles. The van der Waals surface area contributed by atoms with Crippen LogP contribution in [0.4, 0.5) is 0 Å². The lowest BCUT2D eigenvalue weighted by Gasteiger charge is -2.11. The van der Waals surface area contributed by atoms with E-state index in [0.29, 0.717) is 16.3 Å². The number of carbonyl (C=O) groups is 1. The zero-order valence-electron chi connectivity index (χ0n) is 10.6. The van der Waals surface area contributed by atoms with Gasteiger partial charge in [-0.2, -0.15) is 0 Å². The van der Waals surface area contributed by atoms with Crippen molar-refractivity contribution in [3.63, 3.8) is 0 Å². The summed E-state index contributed by atoms with van der Waals surface area (Å²) >= 11 is 5.92. The van der Waals surface area contributed by atoms with Crippen molar-refractivity contribution in [2.75, 3.05) is 0 Å². The molecular formula is C14H15ClN2O. The summed E-state index contributed by atoms with van der Waals surface area (Å²) in [6.45, 7) is 5.69. The number of halogens is 1. The summed E-state index contributed by atoms with van der Waals surface area (Å²) in [6.07, 6.45) is 0. The molecule has 0 aliphatic rings. The monoisotopic (exact) mass is 262 g/mol. The molecule has 0 atom stereocenters. The number of hydrogen-bond acceptors (Lipinski definition) is 2. The molecule has 4 heteroatoms. The van der Waals surface area contributed by atoms with Crippen molar-refractivity contribution in [1.29, 1.82) is 0 Å². The van der Waals surface area contributed by atoms with Crippen LogP contribution in [-0.2, 0) is 0 Å². The summed E-state index contributed by atoms with van der Waals surface area (Å²) in [5, 5.41) is 4.43. The van der Waals surface area contributed by atoms with Gasteiger partial charge in [-0.1, -0.05) is 17.7 Å². The topological polar surface area (TPSA) is 42.0 Å². The van der Waals surface area contributed by atoms with Crippen molar-refractivity contribution in [3.8, 4) is 0 Å². The van der Waals surface area contributed by atoms with Gasteiger partial charge in [0.1, 0.15) is 0 Å².